The first-order valence-electron chi connectivity index (χ1n) is 8.52. The van der Waals surface area contributed by atoms with Gasteiger partial charge in [-0.25, -0.2) is 0 Å². The Balaban J connectivity index is 1.48. The summed E-state index contributed by atoms with van der Waals surface area (Å²) >= 11 is 0. The molecule has 0 saturated carbocycles. The molecule has 0 spiro atoms. The van der Waals surface area contributed by atoms with Gasteiger partial charge in [-0.15, -0.1) is 0 Å². The summed E-state index contributed by atoms with van der Waals surface area (Å²) in [6.45, 7) is 1.50. The highest BCUT2D eigenvalue weighted by Gasteiger charge is 2.34. The van der Waals surface area contributed by atoms with Crippen LogP contribution in [-0.2, 0) is 9.59 Å². The maximum Gasteiger partial charge on any atom is 0.230 e. The van der Waals surface area contributed by atoms with Gasteiger partial charge in [-0.2, -0.15) is 0 Å². The number of likely N-dealkylation sites (tertiary alicyclic amines) is 1. The van der Waals surface area contributed by atoms with Gasteiger partial charge in [0.05, 0.1) is 5.92 Å². The highest BCUT2D eigenvalue weighted by atomic mass is 16.2. The molecule has 2 aliphatic rings. The van der Waals surface area contributed by atoms with Gasteiger partial charge in [0, 0.05) is 43.6 Å². The van der Waals surface area contributed by atoms with E-state index in [2.05, 4.69) is 22.3 Å². The van der Waals surface area contributed by atoms with E-state index in [4.69, 9.17) is 0 Å². The number of nitrogens with zero attached hydrogens (tertiary/aromatic N) is 2. The number of amides is 2. The van der Waals surface area contributed by atoms with Gasteiger partial charge < -0.3 is 14.8 Å². The van der Waals surface area contributed by atoms with Crippen LogP contribution in [-0.4, -0.2) is 34.4 Å². The summed E-state index contributed by atoms with van der Waals surface area (Å²) in [4.78, 5) is 26.9. The summed E-state index contributed by atoms with van der Waals surface area (Å²) in [6, 6.07) is 12.2. The van der Waals surface area contributed by atoms with Crippen LogP contribution in [0, 0.1) is 0 Å². The van der Waals surface area contributed by atoms with Crippen molar-refractivity contribution in [1.82, 2.24) is 9.47 Å². The van der Waals surface area contributed by atoms with E-state index in [0.29, 0.717) is 6.04 Å². The lowest BCUT2D eigenvalue weighted by atomic mass is 9.88. The third kappa shape index (κ3) is 2.70. The van der Waals surface area contributed by atoms with Crippen molar-refractivity contribution < 1.29 is 9.59 Å². The molecule has 1 aromatic heterocycles. The largest absolute Gasteiger partial charge is 0.351 e. The van der Waals surface area contributed by atoms with Crippen LogP contribution >= 0.6 is 0 Å². The number of para-hydroxylation sites is 1. The van der Waals surface area contributed by atoms with Crippen molar-refractivity contribution in [3.05, 3.63) is 54.4 Å². The first-order valence-corrected chi connectivity index (χ1v) is 8.52. The Morgan fingerprint density at radius 1 is 1.04 bits per heavy atom. The summed E-state index contributed by atoms with van der Waals surface area (Å²) in [7, 11) is 0. The van der Waals surface area contributed by atoms with E-state index in [1.54, 1.807) is 0 Å². The molecule has 124 valence electrons. The molecule has 2 amide bonds. The highest BCUT2D eigenvalue weighted by molar-refractivity contribution is 6.01. The van der Waals surface area contributed by atoms with E-state index in [0.717, 1.165) is 37.2 Å². The molecule has 1 saturated heterocycles. The number of piperidine rings is 1. The summed E-state index contributed by atoms with van der Waals surface area (Å²) in [5, 5.41) is 2.86. The predicted molar refractivity (Wildman–Crippen MR) is 91.7 cm³/mol. The average molecular weight is 323 g/mol. The number of anilines is 1. The fourth-order valence-corrected chi connectivity index (χ4v) is 3.83. The number of carbonyl (C=O) groups is 2. The quantitative estimate of drug-likeness (QED) is 0.924. The summed E-state index contributed by atoms with van der Waals surface area (Å²) in [5.74, 6) is -0.337. The molecule has 4 rings (SSSR count). The monoisotopic (exact) mass is 323 g/mol. The molecule has 0 bridgehead atoms. The number of carbonyl (C=O) groups excluding carboxylic acids is 2. The fourth-order valence-electron chi connectivity index (χ4n) is 3.83. The molecule has 0 aliphatic carbocycles. The first-order chi connectivity index (χ1) is 11.7. The minimum atomic E-state index is -0.349. The van der Waals surface area contributed by atoms with Crippen LogP contribution in [0.3, 0.4) is 0 Å². The van der Waals surface area contributed by atoms with Gasteiger partial charge in [0.1, 0.15) is 0 Å². The smallest absolute Gasteiger partial charge is 0.230 e. The van der Waals surface area contributed by atoms with Crippen LogP contribution in [0.15, 0.2) is 48.8 Å². The lowest BCUT2D eigenvalue weighted by Crippen LogP contribution is -2.43. The lowest BCUT2D eigenvalue weighted by molar-refractivity contribution is -0.136. The van der Waals surface area contributed by atoms with Gasteiger partial charge in [-0.05, 0) is 36.6 Å². The lowest BCUT2D eigenvalue weighted by Gasteiger charge is -2.36. The molecule has 1 fully saturated rings. The van der Waals surface area contributed by atoms with Crippen LogP contribution in [0.25, 0.3) is 0 Å². The van der Waals surface area contributed by atoms with Gasteiger partial charge in [0.2, 0.25) is 11.8 Å². The number of aromatic nitrogens is 1. The number of hydrogen-bond donors (Lipinski definition) is 1. The molecule has 1 N–H and O–H groups in total. The zero-order valence-electron chi connectivity index (χ0n) is 13.5. The molecule has 2 aromatic rings. The van der Waals surface area contributed by atoms with Crippen molar-refractivity contribution in [3.8, 4) is 0 Å². The Morgan fingerprint density at radius 2 is 1.75 bits per heavy atom. The standard InChI is InChI=1S/C19H21N3O2/c23-18-13-16(15-5-1-2-6-17(15)20-18)19(24)22-11-7-14(8-12-22)21-9-3-4-10-21/h1-6,9-10,14,16H,7-8,11-13H2,(H,20,23)/t16-/m0/s1. The predicted octanol–water partition coefficient (Wildman–Crippen LogP) is 2.78. The zero-order valence-corrected chi connectivity index (χ0v) is 13.5. The molecule has 3 heterocycles. The SMILES string of the molecule is O=C1C[C@H](C(=O)N2CCC(n3cccc3)CC2)c2ccccc2N1. The second kappa shape index (κ2) is 6.15. The highest BCUT2D eigenvalue weighted by Crippen LogP contribution is 2.34. The Morgan fingerprint density at radius 3 is 2.50 bits per heavy atom. The second-order valence-corrected chi connectivity index (χ2v) is 6.58. The molecule has 5 nitrogen and oxygen atoms in total. The third-order valence-corrected chi connectivity index (χ3v) is 5.12. The summed E-state index contributed by atoms with van der Waals surface area (Å²) in [5.41, 5.74) is 1.71. The van der Waals surface area contributed by atoms with Gasteiger partial charge in [-0.3, -0.25) is 9.59 Å². The molecule has 0 unspecified atom stereocenters. The number of hydrogen-bond acceptors (Lipinski definition) is 2. The Hall–Kier alpha value is -2.56. The van der Waals surface area contributed by atoms with Crippen LogP contribution in [0.4, 0.5) is 5.69 Å². The molecule has 24 heavy (non-hydrogen) atoms. The van der Waals surface area contributed by atoms with Crippen molar-refractivity contribution in [2.24, 2.45) is 0 Å². The van der Waals surface area contributed by atoms with Crippen LogP contribution in [0.2, 0.25) is 0 Å². The van der Waals surface area contributed by atoms with Crippen molar-refractivity contribution in [1.29, 1.82) is 0 Å². The molecule has 2 aliphatic heterocycles. The molecular weight excluding hydrogens is 302 g/mol. The van der Waals surface area contributed by atoms with Crippen molar-refractivity contribution >= 4 is 17.5 Å². The van der Waals surface area contributed by atoms with Crippen molar-refractivity contribution in [2.75, 3.05) is 18.4 Å². The maximum atomic E-state index is 13.0. The number of benzene rings is 1. The number of rotatable bonds is 2. The zero-order chi connectivity index (χ0) is 16.5. The van der Waals surface area contributed by atoms with E-state index in [1.807, 2.05) is 41.3 Å². The van der Waals surface area contributed by atoms with Crippen LogP contribution in [0.1, 0.15) is 36.8 Å². The van der Waals surface area contributed by atoms with Crippen LogP contribution < -0.4 is 5.32 Å². The van der Waals surface area contributed by atoms with E-state index < -0.39 is 0 Å². The maximum absolute atomic E-state index is 13.0. The van der Waals surface area contributed by atoms with Gasteiger partial charge in [-0.1, -0.05) is 18.2 Å². The Bertz CT molecular complexity index is 746. The van der Waals surface area contributed by atoms with Crippen molar-refractivity contribution in [3.63, 3.8) is 0 Å². The molecular formula is C19H21N3O2. The third-order valence-electron chi connectivity index (χ3n) is 5.12. The minimum Gasteiger partial charge on any atom is -0.351 e. The van der Waals surface area contributed by atoms with Crippen molar-refractivity contribution in [2.45, 2.75) is 31.2 Å². The van der Waals surface area contributed by atoms with Gasteiger partial charge in [0.15, 0.2) is 0 Å². The number of nitrogens with one attached hydrogen (secondary N) is 1. The molecule has 1 atom stereocenters. The fraction of sp³-hybridized carbons (Fsp3) is 0.368. The first kappa shape index (κ1) is 15.0. The van der Waals surface area contributed by atoms with Gasteiger partial charge >= 0.3 is 0 Å². The van der Waals surface area contributed by atoms with E-state index in [9.17, 15) is 9.59 Å². The topological polar surface area (TPSA) is 54.3 Å². The van der Waals surface area contributed by atoms with E-state index in [-0.39, 0.29) is 24.2 Å². The average Bonchev–Trinajstić information content (AvgIpc) is 3.15. The van der Waals surface area contributed by atoms with Crippen LogP contribution in [0.5, 0.6) is 0 Å². The van der Waals surface area contributed by atoms with E-state index >= 15 is 0 Å². The normalized spacial score (nSPS) is 21.2. The Labute approximate surface area is 141 Å². The number of fused-ring (bicyclic) bond motifs is 1. The molecule has 0 radical (unpaired) electrons. The second-order valence-electron chi connectivity index (χ2n) is 6.58. The van der Waals surface area contributed by atoms with E-state index in [1.165, 1.54) is 0 Å². The summed E-state index contributed by atoms with van der Waals surface area (Å²) in [6.07, 6.45) is 6.34. The molecule has 5 heteroatoms. The summed E-state index contributed by atoms with van der Waals surface area (Å²) < 4.78 is 2.23. The Kier molecular flexibility index (Phi) is 3.84. The minimum absolute atomic E-state index is 0.0747. The molecule has 1 aromatic carbocycles. The van der Waals surface area contributed by atoms with Gasteiger partial charge in [0.25, 0.3) is 0 Å².